The number of benzene rings is 8. The molecule has 3 heterocycles. The number of fused-ring (bicyclic) bond motifs is 11. The Labute approximate surface area is 341 Å². The predicted octanol–water partition coefficient (Wildman–Crippen LogP) is 13.4. The molecule has 0 spiro atoms. The maximum atomic E-state index is 5.40. The van der Waals surface area contributed by atoms with Crippen LogP contribution < -0.4 is 0 Å². The first-order chi connectivity index (χ1) is 29.2. The first kappa shape index (κ1) is 34.4. The second-order valence-electron chi connectivity index (χ2n) is 14.9. The van der Waals surface area contributed by atoms with Crippen molar-refractivity contribution in [3.8, 4) is 22.3 Å². The topological polar surface area (TPSA) is 47.0 Å². The van der Waals surface area contributed by atoms with Crippen molar-refractivity contribution in [2.75, 3.05) is 0 Å². The Morgan fingerprint density at radius 1 is 0.492 bits per heavy atom. The van der Waals surface area contributed by atoms with E-state index in [9.17, 15) is 0 Å². The molecule has 0 amide bonds. The molecule has 0 radical (unpaired) electrons. The predicted molar refractivity (Wildman–Crippen MR) is 249 cm³/mol. The van der Waals surface area contributed by atoms with Crippen LogP contribution in [0, 0.1) is 0 Å². The van der Waals surface area contributed by atoms with E-state index < -0.39 is 0 Å². The minimum Gasteiger partial charge on any atom is -0.294 e. The molecule has 5 heteroatoms. The average molecular weight is 756 g/mol. The van der Waals surface area contributed by atoms with Crippen molar-refractivity contribution >= 4 is 78.5 Å². The van der Waals surface area contributed by atoms with Crippen molar-refractivity contribution in [1.29, 1.82) is 0 Å². The molecule has 0 unspecified atom stereocenters. The summed E-state index contributed by atoms with van der Waals surface area (Å²) in [5.74, 6) is 1.32. The van der Waals surface area contributed by atoms with Crippen LogP contribution in [0.1, 0.15) is 11.1 Å². The maximum absolute atomic E-state index is 5.40. The van der Waals surface area contributed by atoms with Crippen LogP contribution in [-0.4, -0.2) is 26.5 Å². The number of imidazole rings is 1. The maximum Gasteiger partial charge on any atom is 0.160 e. The Morgan fingerprint density at radius 3 is 1.69 bits per heavy atom. The van der Waals surface area contributed by atoms with Gasteiger partial charge in [-0.05, 0) is 76.7 Å². The summed E-state index contributed by atoms with van der Waals surface area (Å²) >= 11 is 0. The van der Waals surface area contributed by atoms with Crippen molar-refractivity contribution in [2.24, 2.45) is 9.98 Å². The third-order valence-electron chi connectivity index (χ3n) is 11.5. The van der Waals surface area contributed by atoms with Gasteiger partial charge in [0.05, 0.1) is 27.6 Å². The van der Waals surface area contributed by atoms with Gasteiger partial charge in [-0.15, -0.1) is 0 Å². The molecule has 278 valence electrons. The highest BCUT2D eigenvalue weighted by molar-refractivity contribution is 6.17. The quantitative estimate of drug-likeness (QED) is 0.0908. The van der Waals surface area contributed by atoms with Crippen LogP contribution in [0.4, 0.5) is 0 Å². The molecule has 0 aliphatic rings. The van der Waals surface area contributed by atoms with Gasteiger partial charge in [0.1, 0.15) is 11.5 Å². The van der Waals surface area contributed by atoms with E-state index in [1.165, 1.54) is 27.5 Å². The lowest BCUT2D eigenvalue weighted by Crippen LogP contribution is -2.02. The number of allylic oxidation sites excluding steroid dienone is 1. The van der Waals surface area contributed by atoms with E-state index in [-0.39, 0.29) is 0 Å². The van der Waals surface area contributed by atoms with Crippen LogP contribution in [0.3, 0.4) is 0 Å². The Morgan fingerprint density at radius 2 is 1.03 bits per heavy atom. The van der Waals surface area contributed by atoms with E-state index in [2.05, 4.69) is 209 Å². The first-order valence-corrected chi connectivity index (χ1v) is 19.9. The second-order valence-corrected chi connectivity index (χ2v) is 14.9. The molecule has 59 heavy (non-hydrogen) atoms. The number of aliphatic imine (C=N–C) groups is 2. The van der Waals surface area contributed by atoms with Crippen molar-refractivity contribution in [3.63, 3.8) is 0 Å². The summed E-state index contributed by atoms with van der Waals surface area (Å²) in [5, 5.41) is 5.76. The number of rotatable bonds is 7. The van der Waals surface area contributed by atoms with Crippen molar-refractivity contribution in [1.82, 2.24) is 14.0 Å². The second kappa shape index (κ2) is 14.2. The summed E-state index contributed by atoms with van der Waals surface area (Å²) in [4.78, 5) is 15.3. The Hall–Kier alpha value is -7.89. The largest absolute Gasteiger partial charge is 0.294 e. The lowest BCUT2D eigenvalue weighted by atomic mass is 10.0. The molecule has 0 aliphatic carbocycles. The van der Waals surface area contributed by atoms with Gasteiger partial charge in [0.2, 0.25) is 0 Å². The number of nitrogens with zero attached hydrogens (tertiary/aromatic N) is 5. The highest BCUT2D eigenvalue weighted by Gasteiger charge is 2.20. The third kappa shape index (κ3) is 5.91. The Balaban J connectivity index is 1.13. The van der Waals surface area contributed by atoms with Crippen molar-refractivity contribution in [2.45, 2.75) is 6.42 Å². The van der Waals surface area contributed by atoms with Gasteiger partial charge in [0.15, 0.2) is 5.84 Å². The van der Waals surface area contributed by atoms with Gasteiger partial charge in [-0.1, -0.05) is 170 Å². The van der Waals surface area contributed by atoms with Crippen LogP contribution in [0.15, 0.2) is 210 Å². The summed E-state index contributed by atoms with van der Waals surface area (Å²) in [5.41, 5.74) is 12.9. The first-order valence-electron chi connectivity index (χ1n) is 19.9. The van der Waals surface area contributed by atoms with Gasteiger partial charge < -0.3 is 0 Å². The van der Waals surface area contributed by atoms with E-state index in [4.69, 9.17) is 9.98 Å². The monoisotopic (exact) mass is 755 g/mol. The zero-order chi connectivity index (χ0) is 39.3. The number of hydrogen-bond acceptors (Lipinski definition) is 2. The van der Waals surface area contributed by atoms with Crippen LogP contribution >= 0.6 is 0 Å². The molecular weight excluding hydrogens is 719 g/mol. The fraction of sp³-hybridized carbons (Fsp3) is 0.0185. The number of pyridine rings is 1. The summed E-state index contributed by atoms with van der Waals surface area (Å²) in [6.07, 6.45) is 2.88. The number of hydrogen-bond donors (Lipinski definition) is 0. The molecule has 3 aromatic heterocycles. The van der Waals surface area contributed by atoms with Gasteiger partial charge >= 0.3 is 0 Å². The lowest BCUT2D eigenvalue weighted by molar-refractivity contribution is 1.14. The summed E-state index contributed by atoms with van der Waals surface area (Å²) in [7, 11) is 0. The highest BCUT2D eigenvalue weighted by Crippen LogP contribution is 2.38. The van der Waals surface area contributed by atoms with Crippen LogP contribution in [0.5, 0.6) is 0 Å². The van der Waals surface area contributed by atoms with Gasteiger partial charge in [-0.2, -0.15) is 0 Å². The summed E-state index contributed by atoms with van der Waals surface area (Å²) in [6.45, 7) is 4.03. The molecule has 0 saturated carbocycles. The zero-order valence-electron chi connectivity index (χ0n) is 32.2. The Kier molecular flexibility index (Phi) is 8.30. The van der Waals surface area contributed by atoms with E-state index >= 15 is 0 Å². The fourth-order valence-electron chi connectivity index (χ4n) is 8.62. The third-order valence-corrected chi connectivity index (χ3v) is 11.5. The molecule has 0 aliphatic heterocycles. The van der Waals surface area contributed by atoms with Gasteiger partial charge in [-0.25, -0.2) is 15.0 Å². The number of amidine groups is 1. The van der Waals surface area contributed by atoms with Crippen LogP contribution in [-0.2, 0) is 6.42 Å². The molecule has 11 rings (SSSR count). The lowest BCUT2D eigenvalue weighted by Gasteiger charge is -2.12. The van der Waals surface area contributed by atoms with Crippen LogP contribution in [0.2, 0.25) is 0 Å². The normalized spacial score (nSPS) is 12.4. The highest BCUT2D eigenvalue weighted by atomic mass is 15.1. The minimum atomic E-state index is 0.551. The molecule has 0 N–H and O–H groups in total. The smallest absolute Gasteiger partial charge is 0.160 e. The number of para-hydroxylation sites is 2. The van der Waals surface area contributed by atoms with Crippen LogP contribution in [0.25, 0.3) is 88.2 Å². The van der Waals surface area contributed by atoms with Gasteiger partial charge in [0.25, 0.3) is 0 Å². The summed E-state index contributed by atoms with van der Waals surface area (Å²) < 4.78 is 4.61. The standard InChI is InChI=1S/C54H37N5/c1-55-53(41-31-29-40(30-32-41)38-16-6-3-7-17-38)57-52(33-26-36-24-27-39(28-25-36)37-14-4-2-5-15-37)58-48-22-12-11-20-44(48)46-34-47-51(35-50(46)58)59-49-23-13-10-19-43(49)42-18-8-9-21-45(42)54(59)56-47/h2-25,27-35H,1,26H2/b52-33+,57-53-. The van der Waals surface area contributed by atoms with Crippen molar-refractivity contribution < 1.29 is 0 Å². The van der Waals surface area contributed by atoms with Crippen molar-refractivity contribution in [3.05, 3.63) is 211 Å². The molecule has 0 bridgehead atoms. The van der Waals surface area contributed by atoms with Gasteiger partial charge in [-0.3, -0.25) is 8.97 Å². The fourth-order valence-corrected chi connectivity index (χ4v) is 8.62. The van der Waals surface area contributed by atoms with Gasteiger partial charge in [0, 0.05) is 27.1 Å². The molecule has 0 atom stereocenters. The zero-order valence-corrected chi connectivity index (χ0v) is 32.2. The minimum absolute atomic E-state index is 0.551. The van der Waals surface area contributed by atoms with E-state index in [1.807, 2.05) is 12.1 Å². The molecule has 0 saturated heterocycles. The summed E-state index contributed by atoms with van der Waals surface area (Å²) in [6, 6.07) is 68.4. The van der Waals surface area contributed by atoms with E-state index in [0.717, 1.165) is 71.9 Å². The molecule has 5 nitrogen and oxygen atoms in total. The average Bonchev–Trinajstić information content (AvgIpc) is 3.85. The molecular formula is C54H37N5. The van der Waals surface area contributed by atoms with E-state index in [0.29, 0.717) is 12.3 Å². The molecule has 0 fully saturated rings. The van der Waals surface area contributed by atoms with E-state index in [1.54, 1.807) is 0 Å². The SMILES string of the molecule is C=N/C(=N\C(=C/Cc1ccc(-c2ccccc2)cc1)n1c2ccccc2c2cc3nc4c5ccccc5c5ccccc5n4c3cc21)c1ccc(-c2ccccc2)cc1. The molecule has 8 aromatic carbocycles. The number of aromatic nitrogens is 3. The Bertz CT molecular complexity index is 3440. The molecule has 11 aromatic rings.